The molecule has 0 aliphatic rings. The molecule has 0 fully saturated rings. The zero-order valence-electron chi connectivity index (χ0n) is 20.7. The molecule has 0 bridgehead atoms. The molecule has 4 amide bonds. The molecular formula is C24H35N5O6S. The molecule has 1 aromatic rings. The van der Waals surface area contributed by atoms with E-state index in [9.17, 15) is 28.9 Å². The van der Waals surface area contributed by atoms with E-state index in [1.807, 2.05) is 36.6 Å². The molecule has 0 aliphatic carbocycles. The lowest BCUT2D eigenvalue weighted by Gasteiger charge is -2.19. The number of hydrogen-bond acceptors (Lipinski definition) is 8. The van der Waals surface area contributed by atoms with Gasteiger partial charge >= 0.3 is 0 Å². The fourth-order valence-corrected chi connectivity index (χ4v) is 3.77. The average Bonchev–Trinajstić information content (AvgIpc) is 2.86. The van der Waals surface area contributed by atoms with Crippen molar-refractivity contribution in [2.75, 3.05) is 25.1 Å². The molecule has 0 aliphatic heterocycles. The molecule has 36 heavy (non-hydrogen) atoms. The highest BCUT2D eigenvalue weighted by molar-refractivity contribution is 7.98. The van der Waals surface area contributed by atoms with Gasteiger partial charge in [0.05, 0.1) is 12.6 Å². The lowest BCUT2D eigenvalue weighted by molar-refractivity contribution is -0.130. The molecule has 0 saturated heterocycles. The topological polar surface area (TPSA) is 163 Å². The second-order valence-corrected chi connectivity index (χ2v) is 9.15. The third kappa shape index (κ3) is 13.0. The summed E-state index contributed by atoms with van der Waals surface area (Å²) in [6, 6.07) is 6.65. The van der Waals surface area contributed by atoms with E-state index in [4.69, 9.17) is 0 Å². The number of nitrogens with zero attached hydrogens (tertiary/aromatic N) is 1. The summed E-state index contributed by atoms with van der Waals surface area (Å²) in [5.41, 5.74) is 0.841. The molecule has 3 unspecified atom stereocenters. The number of hydrogen-bond donors (Lipinski definition) is 4. The van der Waals surface area contributed by atoms with Crippen LogP contribution >= 0.6 is 11.8 Å². The minimum Gasteiger partial charge on any atom is -0.354 e. The second-order valence-electron chi connectivity index (χ2n) is 8.16. The van der Waals surface area contributed by atoms with Crippen molar-refractivity contribution in [2.45, 2.75) is 57.2 Å². The van der Waals surface area contributed by atoms with Gasteiger partial charge in [0.2, 0.25) is 23.6 Å². The van der Waals surface area contributed by atoms with Crippen molar-refractivity contribution in [3.05, 3.63) is 40.8 Å². The van der Waals surface area contributed by atoms with Crippen LogP contribution in [0.3, 0.4) is 0 Å². The van der Waals surface area contributed by atoms with Gasteiger partial charge in [-0.2, -0.15) is 11.8 Å². The predicted molar refractivity (Wildman–Crippen MR) is 138 cm³/mol. The Morgan fingerprint density at radius 1 is 1.00 bits per heavy atom. The number of benzene rings is 1. The number of carbonyl (C=O) groups is 5. The summed E-state index contributed by atoms with van der Waals surface area (Å²) in [5, 5.41) is 13.2. The van der Waals surface area contributed by atoms with Crippen LogP contribution < -0.4 is 21.3 Å². The third-order valence-electron chi connectivity index (χ3n) is 5.18. The fraction of sp³-hybridized carbons (Fsp3) is 0.542. The van der Waals surface area contributed by atoms with Gasteiger partial charge in [0.1, 0.15) is 12.3 Å². The number of nitroso groups, excluding NO2 is 1. The van der Waals surface area contributed by atoms with Crippen LogP contribution in [-0.2, 0) is 30.4 Å². The minimum absolute atomic E-state index is 0.244. The Labute approximate surface area is 215 Å². The van der Waals surface area contributed by atoms with Crippen LogP contribution in [0.1, 0.15) is 38.2 Å². The van der Waals surface area contributed by atoms with Crippen molar-refractivity contribution >= 4 is 41.7 Å². The first-order chi connectivity index (χ1) is 17.3. The van der Waals surface area contributed by atoms with Crippen LogP contribution in [0.5, 0.6) is 0 Å². The molecule has 0 heterocycles. The molecule has 11 nitrogen and oxygen atoms in total. The van der Waals surface area contributed by atoms with Gasteiger partial charge in [-0.05, 0) is 43.3 Å². The highest BCUT2D eigenvalue weighted by atomic mass is 32.2. The summed E-state index contributed by atoms with van der Waals surface area (Å²) in [6.07, 6.45) is 4.68. The molecule has 0 spiro atoms. The number of rotatable bonds is 18. The molecule has 3 atom stereocenters. The fourth-order valence-electron chi connectivity index (χ4n) is 3.31. The molecule has 4 N–H and O–H groups in total. The second kappa shape index (κ2) is 18.1. The van der Waals surface area contributed by atoms with Crippen LogP contribution in [-0.4, -0.2) is 73.1 Å². The van der Waals surface area contributed by atoms with Gasteiger partial charge in [-0.3, -0.25) is 19.2 Å². The van der Waals surface area contributed by atoms with E-state index in [1.54, 1.807) is 0 Å². The maximum atomic E-state index is 12.8. The first-order valence-corrected chi connectivity index (χ1v) is 13.1. The van der Waals surface area contributed by atoms with Gasteiger partial charge in [-0.1, -0.05) is 35.5 Å². The quantitative estimate of drug-likeness (QED) is 0.126. The smallest absolute Gasteiger partial charge is 0.248 e. The Kier molecular flexibility index (Phi) is 15.4. The Morgan fingerprint density at radius 2 is 1.72 bits per heavy atom. The Balaban J connectivity index is 2.61. The standard InChI is InChI=1S/C24H35N5O6S/c1-17(31)27-19(16-30)10-6-7-12-25-24(34)21(14-18-8-4-3-5-9-18)28-22(32)15-26-23(33)20(29-35)11-13-36-2/h3-5,8-9,16,19-21H,6-7,10-15H2,1-2H3,(H,25,34)(H,26,33)(H,27,31)(H,28,32). The van der Waals surface area contributed by atoms with Crippen molar-refractivity contribution in [3.8, 4) is 0 Å². The Bertz CT molecular complexity index is 870. The molecule has 198 valence electrons. The van der Waals surface area contributed by atoms with Crippen molar-refractivity contribution in [2.24, 2.45) is 5.18 Å². The van der Waals surface area contributed by atoms with Gasteiger partial charge < -0.3 is 26.1 Å². The van der Waals surface area contributed by atoms with Crippen LogP contribution in [0.2, 0.25) is 0 Å². The number of carbonyl (C=O) groups excluding carboxylic acids is 5. The highest BCUT2D eigenvalue weighted by Crippen LogP contribution is 2.06. The van der Waals surface area contributed by atoms with E-state index in [0.29, 0.717) is 37.8 Å². The minimum atomic E-state index is -1.07. The number of thioether (sulfide) groups is 1. The number of nitrogens with one attached hydrogen (secondary N) is 4. The van der Waals surface area contributed by atoms with Crippen molar-refractivity contribution in [3.63, 3.8) is 0 Å². The average molecular weight is 522 g/mol. The van der Waals surface area contributed by atoms with Gasteiger partial charge in [0.25, 0.3) is 0 Å². The monoisotopic (exact) mass is 521 g/mol. The van der Waals surface area contributed by atoms with Crippen LogP contribution in [0.4, 0.5) is 0 Å². The van der Waals surface area contributed by atoms with Crippen molar-refractivity contribution < 1.29 is 24.0 Å². The molecule has 1 rings (SSSR count). The van der Waals surface area contributed by atoms with E-state index < -0.39 is 29.9 Å². The Morgan fingerprint density at radius 3 is 2.33 bits per heavy atom. The van der Waals surface area contributed by atoms with Crippen molar-refractivity contribution in [1.82, 2.24) is 21.3 Å². The van der Waals surface area contributed by atoms with E-state index in [2.05, 4.69) is 26.4 Å². The van der Waals surface area contributed by atoms with Crippen LogP contribution in [0.25, 0.3) is 0 Å². The summed E-state index contributed by atoms with van der Waals surface area (Å²) in [5.74, 6) is -1.30. The molecule has 0 aromatic heterocycles. The summed E-state index contributed by atoms with van der Waals surface area (Å²) in [6.45, 7) is 1.27. The van der Waals surface area contributed by atoms with Gasteiger partial charge in [-0.25, -0.2) is 0 Å². The molecule has 1 aromatic carbocycles. The van der Waals surface area contributed by atoms with Crippen LogP contribution in [0, 0.1) is 4.91 Å². The van der Waals surface area contributed by atoms with Gasteiger partial charge in [-0.15, -0.1) is 4.91 Å². The first kappa shape index (κ1) is 30.8. The molecule has 12 heteroatoms. The lowest BCUT2D eigenvalue weighted by atomic mass is 10.0. The largest absolute Gasteiger partial charge is 0.354 e. The van der Waals surface area contributed by atoms with Gasteiger partial charge in [0, 0.05) is 19.9 Å². The predicted octanol–water partition coefficient (Wildman–Crippen LogP) is 0.708. The Hall–Kier alpha value is -3.28. The maximum absolute atomic E-state index is 12.8. The SMILES string of the molecule is CSCCC(N=O)C(=O)NCC(=O)NC(Cc1ccccc1)C(=O)NCCCCC(C=O)NC(C)=O. The summed E-state index contributed by atoms with van der Waals surface area (Å²) >= 11 is 1.48. The normalized spacial score (nSPS) is 12.9. The molecular weight excluding hydrogens is 486 g/mol. The van der Waals surface area contributed by atoms with Crippen molar-refractivity contribution in [1.29, 1.82) is 0 Å². The lowest BCUT2D eigenvalue weighted by Crippen LogP contribution is -2.51. The van der Waals surface area contributed by atoms with E-state index in [0.717, 1.165) is 5.56 Å². The zero-order chi connectivity index (χ0) is 26.8. The highest BCUT2D eigenvalue weighted by Gasteiger charge is 2.23. The molecule has 0 saturated carbocycles. The third-order valence-corrected chi connectivity index (χ3v) is 5.82. The number of aldehydes is 1. The first-order valence-electron chi connectivity index (χ1n) is 11.7. The van der Waals surface area contributed by atoms with E-state index >= 15 is 0 Å². The number of unbranched alkanes of at least 4 members (excludes halogenated alkanes) is 1. The van der Waals surface area contributed by atoms with E-state index in [1.165, 1.54) is 18.7 Å². The number of amides is 4. The van der Waals surface area contributed by atoms with E-state index in [-0.39, 0.29) is 31.2 Å². The molecule has 0 radical (unpaired) electrons. The summed E-state index contributed by atoms with van der Waals surface area (Å²) < 4.78 is 0. The summed E-state index contributed by atoms with van der Waals surface area (Å²) in [4.78, 5) is 70.4. The maximum Gasteiger partial charge on any atom is 0.248 e. The van der Waals surface area contributed by atoms with Gasteiger partial charge in [0.15, 0.2) is 6.04 Å². The summed E-state index contributed by atoms with van der Waals surface area (Å²) in [7, 11) is 0. The zero-order valence-corrected chi connectivity index (χ0v) is 21.5. The van der Waals surface area contributed by atoms with Crippen LogP contribution in [0.15, 0.2) is 35.5 Å².